The zero-order chi connectivity index (χ0) is 11.4. The molecule has 0 aromatic heterocycles. The maximum Gasteiger partial charge on any atom is 0.488 e. The molecule has 0 spiro atoms. The number of rotatable bonds is 4. The monoisotopic (exact) mass is 228 g/mol. The lowest BCUT2D eigenvalue weighted by molar-refractivity contribution is 0.315. The predicted molar refractivity (Wildman–Crippen MR) is 61.8 cm³/mol. The normalized spacial score (nSPS) is 10.2. The van der Waals surface area contributed by atoms with Crippen LogP contribution in [0.2, 0.25) is 5.02 Å². The summed E-state index contributed by atoms with van der Waals surface area (Å²) in [5.41, 5.74) is 1.18. The molecule has 0 saturated carbocycles. The van der Waals surface area contributed by atoms with Crippen LogP contribution in [0.3, 0.4) is 0 Å². The summed E-state index contributed by atoms with van der Waals surface area (Å²) in [5, 5.41) is 18.4. The van der Waals surface area contributed by atoms with Crippen molar-refractivity contribution in [3.63, 3.8) is 0 Å². The highest BCUT2D eigenvalue weighted by atomic mass is 35.5. The van der Waals surface area contributed by atoms with Crippen LogP contribution >= 0.6 is 11.6 Å². The zero-order valence-corrected chi connectivity index (χ0v) is 9.58. The predicted octanol–water partition coefficient (Wildman–Crippen LogP) is 1.12. The molecule has 0 radical (unpaired) electrons. The number of aryl methyl sites for hydroxylation is 1. The molecule has 0 aliphatic heterocycles. The minimum absolute atomic E-state index is 0.376. The Kier molecular flexibility index (Phi) is 4.45. The minimum atomic E-state index is -1.50. The first-order valence-electron chi connectivity index (χ1n) is 4.85. The van der Waals surface area contributed by atoms with Crippen molar-refractivity contribution in [2.75, 3.05) is 6.61 Å². The molecule has 2 N–H and O–H groups in total. The third-order valence-electron chi connectivity index (χ3n) is 2.00. The van der Waals surface area contributed by atoms with Gasteiger partial charge in [0.25, 0.3) is 0 Å². The van der Waals surface area contributed by atoms with Crippen LogP contribution in [0.15, 0.2) is 12.1 Å². The SMILES string of the molecule is CCCOc1c(C)cc(B(O)O)cc1Cl. The average Bonchev–Trinajstić information content (AvgIpc) is 2.16. The maximum absolute atomic E-state index is 9.00. The molecule has 5 heteroatoms. The Balaban J connectivity index is 2.99. The molecule has 1 aromatic rings. The van der Waals surface area contributed by atoms with E-state index in [1.165, 1.54) is 6.07 Å². The molecule has 0 fully saturated rings. The zero-order valence-electron chi connectivity index (χ0n) is 8.83. The molecule has 0 aliphatic rings. The molecule has 82 valence electrons. The van der Waals surface area contributed by atoms with Crippen LogP contribution in [0.25, 0.3) is 0 Å². The quantitative estimate of drug-likeness (QED) is 0.759. The Morgan fingerprint density at radius 1 is 1.40 bits per heavy atom. The van der Waals surface area contributed by atoms with Crippen molar-refractivity contribution >= 4 is 24.2 Å². The van der Waals surface area contributed by atoms with E-state index in [1.807, 2.05) is 13.8 Å². The van der Waals surface area contributed by atoms with Crippen molar-refractivity contribution < 1.29 is 14.8 Å². The molecule has 3 nitrogen and oxygen atoms in total. The minimum Gasteiger partial charge on any atom is -0.492 e. The van der Waals surface area contributed by atoms with Gasteiger partial charge in [-0.3, -0.25) is 0 Å². The second-order valence-corrected chi connectivity index (χ2v) is 3.78. The molecule has 0 atom stereocenters. The Labute approximate surface area is 94.8 Å². The number of halogens is 1. The fourth-order valence-corrected chi connectivity index (χ4v) is 1.62. The van der Waals surface area contributed by atoms with Crippen molar-refractivity contribution in [2.45, 2.75) is 20.3 Å². The van der Waals surface area contributed by atoms with E-state index in [1.54, 1.807) is 6.07 Å². The number of hydrogen-bond donors (Lipinski definition) is 2. The van der Waals surface area contributed by atoms with Crippen LogP contribution in [0.4, 0.5) is 0 Å². The fourth-order valence-electron chi connectivity index (χ4n) is 1.29. The Hall–Kier alpha value is -0.705. The average molecular weight is 228 g/mol. The highest BCUT2D eigenvalue weighted by Gasteiger charge is 2.15. The van der Waals surface area contributed by atoms with Crippen LogP contribution in [0, 0.1) is 6.92 Å². The van der Waals surface area contributed by atoms with Crippen LogP contribution in [-0.2, 0) is 0 Å². The summed E-state index contributed by atoms with van der Waals surface area (Å²) in [7, 11) is -1.50. The van der Waals surface area contributed by atoms with Gasteiger partial charge in [-0.2, -0.15) is 0 Å². The van der Waals surface area contributed by atoms with Gasteiger partial charge in [-0.1, -0.05) is 24.6 Å². The van der Waals surface area contributed by atoms with Gasteiger partial charge in [-0.25, -0.2) is 0 Å². The van der Waals surface area contributed by atoms with Crippen LogP contribution in [-0.4, -0.2) is 23.8 Å². The van der Waals surface area contributed by atoms with Gasteiger partial charge in [-0.15, -0.1) is 0 Å². The summed E-state index contributed by atoms with van der Waals surface area (Å²) in [6.45, 7) is 4.43. The number of benzene rings is 1. The van der Waals surface area contributed by atoms with Gasteiger partial charge in [0.2, 0.25) is 0 Å². The molecule has 1 aromatic carbocycles. The van der Waals surface area contributed by atoms with Crippen molar-refractivity contribution in [3.8, 4) is 5.75 Å². The van der Waals surface area contributed by atoms with Crippen molar-refractivity contribution in [2.24, 2.45) is 0 Å². The lowest BCUT2D eigenvalue weighted by atomic mass is 9.79. The Morgan fingerprint density at radius 3 is 2.53 bits per heavy atom. The second-order valence-electron chi connectivity index (χ2n) is 3.37. The molecule has 1 rings (SSSR count). The van der Waals surface area contributed by atoms with Crippen LogP contribution in [0.1, 0.15) is 18.9 Å². The second kappa shape index (κ2) is 5.40. The van der Waals surface area contributed by atoms with E-state index < -0.39 is 7.12 Å². The summed E-state index contributed by atoms with van der Waals surface area (Å²) in [6.07, 6.45) is 0.903. The number of ether oxygens (including phenoxy) is 1. The lowest BCUT2D eigenvalue weighted by Crippen LogP contribution is -2.30. The van der Waals surface area contributed by atoms with Crippen LogP contribution < -0.4 is 10.2 Å². The fraction of sp³-hybridized carbons (Fsp3) is 0.400. The van der Waals surface area contributed by atoms with Gasteiger partial charge in [-0.05, 0) is 30.4 Å². The summed E-state index contributed by atoms with van der Waals surface area (Å²) < 4.78 is 5.46. The standard InChI is InChI=1S/C10H14BClO3/c1-3-4-15-10-7(2)5-8(11(13)14)6-9(10)12/h5-6,13-14H,3-4H2,1-2H3. The highest BCUT2D eigenvalue weighted by Crippen LogP contribution is 2.27. The van der Waals surface area contributed by atoms with E-state index in [4.69, 9.17) is 26.4 Å². The van der Waals surface area contributed by atoms with Gasteiger partial charge in [0, 0.05) is 0 Å². The first-order chi connectivity index (χ1) is 7.06. The first kappa shape index (κ1) is 12.4. The van der Waals surface area contributed by atoms with E-state index in [0.29, 0.717) is 22.8 Å². The Morgan fingerprint density at radius 2 is 2.07 bits per heavy atom. The molecular weight excluding hydrogens is 214 g/mol. The molecule has 0 unspecified atom stereocenters. The van der Waals surface area contributed by atoms with Crippen molar-refractivity contribution in [3.05, 3.63) is 22.7 Å². The van der Waals surface area contributed by atoms with E-state index >= 15 is 0 Å². The highest BCUT2D eigenvalue weighted by molar-refractivity contribution is 6.59. The van der Waals surface area contributed by atoms with Gasteiger partial charge in [0.15, 0.2) is 0 Å². The van der Waals surface area contributed by atoms with Gasteiger partial charge < -0.3 is 14.8 Å². The summed E-state index contributed by atoms with van der Waals surface area (Å²) in [5.74, 6) is 0.614. The smallest absolute Gasteiger partial charge is 0.488 e. The van der Waals surface area contributed by atoms with Crippen molar-refractivity contribution in [1.82, 2.24) is 0 Å². The molecule has 15 heavy (non-hydrogen) atoms. The van der Waals surface area contributed by atoms with E-state index in [9.17, 15) is 0 Å². The third kappa shape index (κ3) is 3.13. The lowest BCUT2D eigenvalue weighted by Gasteiger charge is -2.11. The first-order valence-corrected chi connectivity index (χ1v) is 5.23. The molecule has 0 saturated heterocycles. The van der Waals surface area contributed by atoms with Gasteiger partial charge in [0.1, 0.15) is 5.75 Å². The van der Waals surface area contributed by atoms with E-state index in [2.05, 4.69) is 0 Å². The molecule has 0 heterocycles. The molecule has 0 amide bonds. The third-order valence-corrected chi connectivity index (χ3v) is 2.28. The summed E-state index contributed by atoms with van der Waals surface area (Å²) >= 11 is 5.97. The molecule has 0 aliphatic carbocycles. The topological polar surface area (TPSA) is 49.7 Å². The van der Waals surface area contributed by atoms with E-state index in [0.717, 1.165) is 12.0 Å². The van der Waals surface area contributed by atoms with E-state index in [-0.39, 0.29) is 0 Å². The Bertz CT molecular complexity index is 318. The van der Waals surface area contributed by atoms with Gasteiger partial charge >= 0.3 is 7.12 Å². The molecule has 0 bridgehead atoms. The number of hydrogen-bond acceptors (Lipinski definition) is 3. The van der Waals surface area contributed by atoms with Crippen molar-refractivity contribution in [1.29, 1.82) is 0 Å². The van der Waals surface area contributed by atoms with Crippen LogP contribution in [0.5, 0.6) is 5.75 Å². The maximum atomic E-state index is 9.00. The summed E-state index contributed by atoms with van der Waals surface area (Å²) in [4.78, 5) is 0. The largest absolute Gasteiger partial charge is 0.492 e. The summed E-state index contributed by atoms with van der Waals surface area (Å²) in [6, 6.07) is 3.16. The molecular formula is C10H14BClO3. The van der Waals surface area contributed by atoms with Gasteiger partial charge in [0.05, 0.1) is 11.6 Å².